The lowest BCUT2D eigenvalue weighted by Crippen LogP contribution is -2.62. The van der Waals surface area contributed by atoms with Crippen molar-refractivity contribution in [3.05, 3.63) is 108 Å². The van der Waals surface area contributed by atoms with E-state index in [1.54, 1.807) is 36.5 Å². The Morgan fingerprint density at radius 2 is 1.27 bits per heavy atom. The summed E-state index contributed by atoms with van der Waals surface area (Å²) in [4.78, 5) is 116. The van der Waals surface area contributed by atoms with Crippen molar-refractivity contribution in [2.24, 2.45) is 17.6 Å². The van der Waals surface area contributed by atoms with Crippen LogP contribution in [-0.2, 0) is 57.6 Å². The summed E-state index contributed by atoms with van der Waals surface area (Å²) in [7, 11) is 2.00. The van der Waals surface area contributed by atoms with Crippen LogP contribution in [0.3, 0.4) is 0 Å². The standard InChI is InChI=1S/C52H69N9O11S2/c1-29(2)36(23-32-15-7-5-8-16-32)45(64)58-41-27-73-74-28-42(50(69)61-44(31(4)63)52(71)72)59-51(70)43(30(3)62)60-46(65)38(21-13-14-22-53)55-48(67)40(25-34-26-54-37-20-12-11-19-35(34)37)57-47(66)39(56-49(41)68)24-33-17-9-6-10-18-33/h5-12,15-20,26,29-31,36,38-44,54,62-63H,13-14,21-25,27-28,53H2,1-4H3,(H,55,67)(H,56,68)(H,57,66)(H,58,64)(H,59,70)(H,60,65)(H,61,69)(H,71,72)/t30-,31-,36+,38+,39+,40-,41+,42+,43+,44?/m1/s1. The first-order chi connectivity index (χ1) is 35.4. The van der Waals surface area contributed by atoms with Crippen LogP contribution in [0.4, 0.5) is 0 Å². The molecule has 0 aliphatic carbocycles. The summed E-state index contributed by atoms with van der Waals surface area (Å²) in [6, 6.07) is 15.1. The second-order valence-electron chi connectivity index (χ2n) is 18.7. The van der Waals surface area contributed by atoms with Crippen LogP contribution in [0, 0.1) is 11.8 Å². The van der Waals surface area contributed by atoms with E-state index in [0.29, 0.717) is 30.4 Å². The summed E-state index contributed by atoms with van der Waals surface area (Å²) in [5.41, 5.74) is 8.75. The van der Waals surface area contributed by atoms with E-state index in [2.05, 4.69) is 42.2 Å². The van der Waals surface area contributed by atoms with E-state index in [4.69, 9.17) is 5.73 Å². The molecular formula is C52H69N9O11S2. The van der Waals surface area contributed by atoms with Gasteiger partial charge < -0.3 is 63.3 Å². The number of carboxylic acid groups (broad SMARTS) is 1. The van der Waals surface area contributed by atoms with Gasteiger partial charge in [-0.2, -0.15) is 0 Å². The fraction of sp³-hybridized carbons (Fsp3) is 0.462. The highest BCUT2D eigenvalue weighted by Gasteiger charge is 2.37. The first-order valence-corrected chi connectivity index (χ1v) is 27.1. The van der Waals surface area contributed by atoms with Gasteiger partial charge in [0.1, 0.15) is 36.3 Å². The fourth-order valence-electron chi connectivity index (χ4n) is 8.31. The van der Waals surface area contributed by atoms with Gasteiger partial charge in [0.2, 0.25) is 41.4 Å². The number of amides is 7. The van der Waals surface area contributed by atoms with Crippen molar-refractivity contribution in [3.63, 3.8) is 0 Å². The number of hydrogen-bond donors (Lipinski definition) is 12. The van der Waals surface area contributed by atoms with Crippen LogP contribution in [0.15, 0.2) is 91.1 Å². The number of carbonyl (C=O) groups is 8. The van der Waals surface area contributed by atoms with Crippen molar-refractivity contribution in [2.45, 2.75) is 121 Å². The maximum Gasteiger partial charge on any atom is 0.328 e. The summed E-state index contributed by atoms with van der Waals surface area (Å²) < 4.78 is 0. The molecule has 7 amide bonds. The van der Waals surface area contributed by atoms with Gasteiger partial charge in [-0.25, -0.2) is 4.79 Å². The topological polar surface area (TPSA) is 323 Å². The van der Waals surface area contributed by atoms with E-state index < -0.39 is 108 Å². The zero-order chi connectivity index (χ0) is 53.9. The molecule has 0 radical (unpaired) electrons. The molecule has 5 rings (SSSR count). The fourth-order valence-corrected chi connectivity index (χ4v) is 10.6. The number of H-pyrrole nitrogens is 1. The Morgan fingerprint density at radius 3 is 1.89 bits per heavy atom. The van der Waals surface area contributed by atoms with Crippen LogP contribution in [0.1, 0.15) is 63.6 Å². The number of aliphatic hydroxyl groups is 2. The Bertz CT molecular complexity index is 2530. The number of aliphatic carboxylic acids is 1. The van der Waals surface area contributed by atoms with Gasteiger partial charge in [-0.05, 0) is 74.8 Å². The molecule has 4 aromatic rings. The molecule has 1 aliphatic heterocycles. The van der Waals surface area contributed by atoms with Gasteiger partial charge in [0.15, 0.2) is 6.04 Å². The third-order valence-electron chi connectivity index (χ3n) is 12.6. The molecule has 1 unspecified atom stereocenters. The number of carbonyl (C=O) groups excluding carboxylic acids is 7. The highest BCUT2D eigenvalue weighted by atomic mass is 33.1. The number of hydrogen-bond acceptors (Lipinski definition) is 13. The number of aliphatic hydroxyl groups excluding tert-OH is 2. The van der Waals surface area contributed by atoms with E-state index in [0.717, 1.165) is 45.0 Å². The summed E-state index contributed by atoms with van der Waals surface area (Å²) in [6.45, 7) is 6.40. The molecule has 10 atom stereocenters. The van der Waals surface area contributed by atoms with Crippen molar-refractivity contribution in [1.29, 1.82) is 0 Å². The van der Waals surface area contributed by atoms with E-state index in [9.17, 15) is 53.7 Å². The van der Waals surface area contributed by atoms with E-state index in [1.807, 2.05) is 68.4 Å². The monoisotopic (exact) mass is 1060 g/mol. The number of carboxylic acids is 1. The smallest absolute Gasteiger partial charge is 0.328 e. The maximum atomic E-state index is 14.8. The number of unbranched alkanes of at least 4 members (excludes halogenated alkanes) is 1. The first-order valence-electron chi connectivity index (χ1n) is 24.7. The van der Waals surface area contributed by atoms with Gasteiger partial charge in [-0.1, -0.05) is 114 Å². The largest absolute Gasteiger partial charge is 0.480 e. The Kier molecular flexibility index (Phi) is 22.8. The molecule has 22 heteroatoms. The molecular weight excluding hydrogens is 991 g/mol. The Hall–Kier alpha value is -6.46. The van der Waals surface area contributed by atoms with Gasteiger partial charge >= 0.3 is 5.97 Å². The van der Waals surface area contributed by atoms with Crippen molar-refractivity contribution in [3.8, 4) is 0 Å². The van der Waals surface area contributed by atoms with Gasteiger partial charge in [-0.15, -0.1) is 0 Å². The van der Waals surface area contributed by atoms with E-state index in [-0.39, 0.29) is 43.2 Å². The number of aromatic amines is 1. The second kappa shape index (κ2) is 28.8. The number of benzene rings is 3. The maximum absolute atomic E-state index is 14.8. The lowest BCUT2D eigenvalue weighted by Gasteiger charge is -2.29. The molecule has 1 fully saturated rings. The molecule has 20 nitrogen and oxygen atoms in total. The molecule has 0 bridgehead atoms. The number of nitrogens with one attached hydrogen (secondary N) is 8. The van der Waals surface area contributed by atoms with Gasteiger partial charge in [0.05, 0.1) is 12.2 Å². The molecule has 1 aromatic heterocycles. The Labute approximate surface area is 438 Å². The third-order valence-corrected chi connectivity index (χ3v) is 15.0. The number of fused-ring (bicyclic) bond motifs is 1. The molecule has 74 heavy (non-hydrogen) atoms. The number of para-hydroxylation sites is 1. The summed E-state index contributed by atoms with van der Waals surface area (Å²) in [5.74, 6) is -8.54. The molecule has 2 heterocycles. The molecule has 400 valence electrons. The van der Waals surface area contributed by atoms with Gasteiger partial charge in [0, 0.05) is 47.4 Å². The van der Waals surface area contributed by atoms with Crippen LogP contribution >= 0.6 is 21.6 Å². The lowest BCUT2D eigenvalue weighted by atomic mass is 9.88. The predicted molar refractivity (Wildman–Crippen MR) is 283 cm³/mol. The lowest BCUT2D eigenvalue weighted by molar-refractivity contribution is -0.145. The van der Waals surface area contributed by atoms with Gasteiger partial charge in [0.25, 0.3) is 0 Å². The number of nitrogens with two attached hydrogens (primary N) is 1. The molecule has 1 saturated heterocycles. The van der Waals surface area contributed by atoms with E-state index >= 15 is 0 Å². The Morgan fingerprint density at radius 1 is 0.689 bits per heavy atom. The Balaban J connectivity index is 1.59. The summed E-state index contributed by atoms with van der Waals surface area (Å²) in [5, 5.41) is 50.3. The molecule has 13 N–H and O–H groups in total. The highest BCUT2D eigenvalue weighted by molar-refractivity contribution is 8.76. The van der Waals surface area contributed by atoms with Gasteiger partial charge in [-0.3, -0.25) is 33.6 Å². The summed E-state index contributed by atoms with van der Waals surface area (Å²) >= 11 is 0. The SMILES string of the molecule is CC(C)[C@H](Cc1ccccc1)C(=O)N[C@H]1CSSC[C@@H](C(=O)NC(C(=O)O)[C@@H](C)O)NC(=O)[C@H]([C@@H](C)O)NC(=O)[C@H](CCCCN)NC(=O)[C@@H](Cc2c[nH]c3ccccc23)NC(=O)[C@H](Cc2ccccc2)NC1=O. The first kappa shape index (κ1) is 58.4. The minimum atomic E-state index is -1.79. The average Bonchev–Trinajstić information content (AvgIpc) is 3.78. The average molecular weight is 1060 g/mol. The molecule has 1 aliphatic rings. The highest BCUT2D eigenvalue weighted by Crippen LogP contribution is 2.25. The normalized spacial score (nSPS) is 22.4. The van der Waals surface area contributed by atoms with Crippen molar-refractivity contribution >= 4 is 79.8 Å². The van der Waals surface area contributed by atoms with Crippen molar-refractivity contribution in [1.82, 2.24) is 42.2 Å². The zero-order valence-corrected chi connectivity index (χ0v) is 43.5. The number of rotatable bonds is 18. The van der Waals surface area contributed by atoms with Crippen LogP contribution in [-0.4, -0.2) is 140 Å². The van der Waals surface area contributed by atoms with E-state index in [1.165, 1.54) is 6.92 Å². The third kappa shape index (κ3) is 17.3. The van der Waals surface area contributed by atoms with Crippen LogP contribution in [0.25, 0.3) is 10.9 Å². The quantitative estimate of drug-likeness (QED) is 0.0493. The molecule has 0 saturated carbocycles. The van der Waals surface area contributed by atoms with Crippen LogP contribution in [0.2, 0.25) is 0 Å². The summed E-state index contributed by atoms with van der Waals surface area (Å²) in [6.07, 6.45) is -0.445. The van der Waals surface area contributed by atoms with Crippen LogP contribution in [0.5, 0.6) is 0 Å². The number of aromatic nitrogens is 1. The van der Waals surface area contributed by atoms with Crippen LogP contribution < -0.4 is 43.0 Å². The minimum Gasteiger partial charge on any atom is -0.480 e. The molecule has 3 aromatic carbocycles. The van der Waals surface area contributed by atoms with Crippen molar-refractivity contribution in [2.75, 3.05) is 18.1 Å². The van der Waals surface area contributed by atoms with Crippen molar-refractivity contribution < 1.29 is 53.7 Å². The minimum absolute atomic E-state index is 0.00824. The molecule has 0 spiro atoms. The second-order valence-corrected chi connectivity index (χ2v) is 21.3. The predicted octanol–water partition coefficient (Wildman–Crippen LogP) is 1.23. The zero-order valence-electron chi connectivity index (χ0n) is 41.9.